The number of fused-ring (bicyclic) bond motifs is 1. The highest BCUT2D eigenvalue weighted by Crippen LogP contribution is 2.36. The van der Waals surface area contributed by atoms with Crippen molar-refractivity contribution in [2.24, 2.45) is 0 Å². The van der Waals surface area contributed by atoms with E-state index >= 15 is 0 Å². The van der Waals surface area contributed by atoms with Crippen LogP contribution in [0.1, 0.15) is 16.8 Å². The van der Waals surface area contributed by atoms with E-state index < -0.39 is 0 Å². The summed E-state index contributed by atoms with van der Waals surface area (Å²) < 4.78 is 5.17. The number of hydrogen-bond donors (Lipinski definition) is 0. The fraction of sp³-hybridized carbons (Fsp3) is 0.150. The second-order valence-electron chi connectivity index (χ2n) is 5.65. The lowest BCUT2D eigenvalue weighted by Gasteiger charge is -2.36. The molecule has 2 heterocycles. The van der Waals surface area contributed by atoms with E-state index in [9.17, 15) is 4.79 Å². The van der Waals surface area contributed by atoms with E-state index in [0.29, 0.717) is 29.4 Å². The van der Waals surface area contributed by atoms with Gasteiger partial charge >= 0.3 is 6.03 Å². The molecule has 0 fully saturated rings. The third-order valence-corrected chi connectivity index (χ3v) is 4.17. The Morgan fingerprint density at radius 1 is 1.32 bits per heavy atom. The number of pyridine rings is 1. The highest BCUT2D eigenvalue weighted by atomic mass is 16.5. The van der Waals surface area contributed by atoms with Crippen molar-refractivity contribution in [3.05, 3.63) is 78.3 Å². The molecule has 0 unspecified atom stereocenters. The molecule has 126 valence electrons. The van der Waals surface area contributed by atoms with Gasteiger partial charge in [0.15, 0.2) is 0 Å². The van der Waals surface area contributed by atoms with Gasteiger partial charge in [0.05, 0.1) is 31.2 Å². The van der Waals surface area contributed by atoms with Crippen molar-refractivity contribution in [2.75, 3.05) is 19.1 Å². The van der Waals surface area contributed by atoms with Crippen LogP contribution in [0.15, 0.2) is 61.5 Å². The molecule has 2 amide bonds. The van der Waals surface area contributed by atoms with Crippen LogP contribution in [0.3, 0.4) is 0 Å². The second-order valence-corrected chi connectivity index (χ2v) is 5.65. The maximum Gasteiger partial charge on any atom is 0.329 e. The molecule has 1 aliphatic rings. The number of nitrogens with zero attached hydrogens (tertiary/aromatic N) is 3. The van der Waals surface area contributed by atoms with Crippen molar-refractivity contribution in [1.29, 1.82) is 0 Å². The number of carbonyl (C=O) groups excluding carboxylic acids is 1. The van der Waals surface area contributed by atoms with E-state index in [1.165, 1.54) is 0 Å². The van der Waals surface area contributed by atoms with Gasteiger partial charge in [0.25, 0.3) is 0 Å². The molecule has 1 aromatic heterocycles. The molecule has 0 spiro atoms. The van der Waals surface area contributed by atoms with Crippen molar-refractivity contribution in [3.63, 3.8) is 0 Å². The first kappa shape index (κ1) is 16.6. The minimum absolute atomic E-state index is 0.150. The van der Waals surface area contributed by atoms with Crippen LogP contribution in [0.5, 0.6) is 0 Å². The fourth-order valence-corrected chi connectivity index (χ4v) is 2.79. The quantitative estimate of drug-likeness (QED) is 0.630. The van der Waals surface area contributed by atoms with E-state index in [1.807, 2.05) is 36.4 Å². The van der Waals surface area contributed by atoms with Gasteiger partial charge in [0.1, 0.15) is 11.5 Å². The molecule has 0 aliphatic carbocycles. The molecule has 0 bridgehead atoms. The zero-order valence-electron chi connectivity index (χ0n) is 14.3. The molecule has 2 aromatic rings. The van der Waals surface area contributed by atoms with Crippen molar-refractivity contribution >= 4 is 23.2 Å². The molecule has 5 heteroatoms. The van der Waals surface area contributed by atoms with Crippen LogP contribution in [0.2, 0.25) is 0 Å². The number of hydrogen-bond acceptors (Lipinski definition) is 3. The Bertz CT molecular complexity index is 883. The molecule has 25 heavy (non-hydrogen) atoms. The number of aromatic nitrogens is 1. The standard InChI is InChI=1S/C20H19N3O2/c1-5-18-16-11-17(14(2)25-4)21-12-19(16)22(3)20(24)23(18)13-15-9-7-6-8-10-15/h6-12H,1-2,13H2,3-4H3. The SMILES string of the molecule is C=C=C1c2cc(C(=C)OC)ncc2N(C)C(=O)N1Cc1ccccc1. The molecule has 0 radical (unpaired) electrons. The minimum atomic E-state index is -0.150. The Kier molecular flexibility index (Phi) is 4.42. The molecule has 5 nitrogen and oxygen atoms in total. The summed E-state index contributed by atoms with van der Waals surface area (Å²) in [6.07, 6.45) is 1.64. The zero-order chi connectivity index (χ0) is 18.0. The van der Waals surface area contributed by atoms with Crippen LogP contribution in [0.25, 0.3) is 11.5 Å². The summed E-state index contributed by atoms with van der Waals surface area (Å²) in [5, 5.41) is 0. The summed E-state index contributed by atoms with van der Waals surface area (Å²) >= 11 is 0. The van der Waals surface area contributed by atoms with E-state index in [-0.39, 0.29) is 6.03 Å². The van der Waals surface area contributed by atoms with Gasteiger partial charge in [-0.25, -0.2) is 4.79 Å². The van der Waals surface area contributed by atoms with Gasteiger partial charge in [0, 0.05) is 12.6 Å². The predicted molar refractivity (Wildman–Crippen MR) is 98.6 cm³/mol. The molecule has 0 saturated heterocycles. The number of urea groups is 1. The van der Waals surface area contributed by atoms with Crippen molar-refractivity contribution in [1.82, 2.24) is 9.88 Å². The molecular formula is C20H19N3O2. The monoisotopic (exact) mass is 333 g/mol. The van der Waals surface area contributed by atoms with Crippen LogP contribution in [0.4, 0.5) is 10.5 Å². The molecule has 1 aliphatic heterocycles. The average Bonchev–Trinajstić information content (AvgIpc) is 2.66. The zero-order valence-corrected chi connectivity index (χ0v) is 14.3. The van der Waals surface area contributed by atoms with Crippen molar-refractivity contribution < 1.29 is 9.53 Å². The van der Waals surface area contributed by atoms with Crippen molar-refractivity contribution in [2.45, 2.75) is 6.54 Å². The van der Waals surface area contributed by atoms with Gasteiger partial charge in [-0.3, -0.25) is 14.8 Å². The second kappa shape index (κ2) is 6.67. The van der Waals surface area contributed by atoms with Gasteiger partial charge in [-0.15, -0.1) is 5.73 Å². The van der Waals surface area contributed by atoms with Gasteiger partial charge in [-0.1, -0.05) is 43.5 Å². The van der Waals surface area contributed by atoms with Crippen LogP contribution >= 0.6 is 0 Å². The van der Waals surface area contributed by atoms with E-state index in [4.69, 9.17) is 4.74 Å². The first-order valence-corrected chi connectivity index (χ1v) is 7.79. The van der Waals surface area contributed by atoms with Crippen molar-refractivity contribution in [3.8, 4) is 0 Å². The molecule has 3 rings (SSSR count). The van der Waals surface area contributed by atoms with Gasteiger partial charge in [-0.2, -0.15) is 0 Å². The maximum atomic E-state index is 12.8. The van der Waals surface area contributed by atoms with Gasteiger partial charge < -0.3 is 4.74 Å². The number of benzene rings is 1. The van der Waals surface area contributed by atoms with Crippen LogP contribution in [-0.4, -0.2) is 30.1 Å². The number of methoxy groups -OCH3 is 1. The Morgan fingerprint density at radius 2 is 2.04 bits per heavy atom. The summed E-state index contributed by atoms with van der Waals surface area (Å²) in [4.78, 5) is 20.4. The molecule has 0 atom stereocenters. The highest BCUT2D eigenvalue weighted by Gasteiger charge is 2.32. The number of amides is 2. The third kappa shape index (κ3) is 2.93. The lowest BCUT2D eigenvalue weighted by molar-refractivity contribution is 0.223. The first-order valence-electron chi connectivity index (χ1n) is 7.79. The maximum absolute atomic E-state index is 12.8. The van der Waals surface area contributed by atoms with Crippen LogP contribution in [0, 0.1) is 0 Å². The number of rotatable bonds is 4. The smallest absolute Gasteiger partial charge is 0.329 e. The normalized spacial score (nSPS) is 13.4. The van der Waals surface area contributed by atoms with E-state index in [1.54, 1.807) is 30.2 Å². The van der Waals surface area contributed by atoms with Gasteiger partial charge in [-0.05, 0) is 11.6 Å². The Morgan fingerprint density at radius 3 is 2.68 bits per heavy atom. The lowest BCUT2D eigenvalue weighted by Crippen LogP contribution is -2.43. The Hall–Kier alpha value is -3.30. The Balaban J connectivity index is 2.08. The summed E-state index contributed by atoms with van der Waals surface area (Å²) in [6, 6.07) is 11.5. The summed E-state index contributed by atoms with van der Waals surface area (Å²) in [7, 11) is 3.27. The van der Waals surface area contributed by atoms with E-state index in [2.05, 4.69) is 23.9 Å². The largest absolute Gasteiger partial charge is 0.495 e. The minimum Gasteiger partial charge on any atom is -0.495 e. The summed E-state index contributed by atoms with van der Waals surface area (Å²) in [6.45, 7) is 8.06. The van der Waals surface area contributed by atoms with Crippen LogP contribution in [-0.2, 0) is 11.3 Å². The lowest BCUT2D eigenvalue weighted by atomic mass is 10.0. The first-order chi connectivity index (χ1) is 12.1. The fourth-order valence-electron chi connectivity index (χ4n) is 2.79. The van der Waals surface area contributed by atoms with Crippen LogP contribution < -0.4 is 4.90 Å². The summed E-state index contributed by atoms with van der Waals surface area (Å²) in [5.41, 5.74) is 6.68. The third-order valence-electron chi connectivity index (χ3n) is 4.17. The highest BCUT2D eigenvalue weighted by molar-refractivity contribution is 6.04. The predicted octanol–water partition coefficient (Wildman–Crippen LogP) is 3.90. The molecule has 1 aromatic carbocycles. The molecular weight excluding hydrogens is 314 g/mol. The number of carbonyl (C=O) groups is 1. The number of ether oxygens (including phenoxy) is 1. The van der Waals surface area contributed by atoms with Gasteiger partial charge in [0.2, 0.25) is 0 Å². The average molecular weight is 333 g/mol. The number of anilines is 1. The summed E-state index contributed by atoms with van der Waals surface area (Å²) in [5.74, 6) is 0.459. The topological polar surface area (TPSA) is 45.7 Å². The Labute approximate surface area is 147 Å². The molecule has 0 saturated carbocycles. The molecule has 0 N–H and O–H groups in total. The van der Waals surface area contributed by atoms with E-state index in [0.717, 1.165) is 11.1 Å².